The van der Waals surface area contributed by atoms with Crippen molar-refractivity contribution in [2.24, 2.45) is 0 Å². The topological polar surface area (TPSA) is 76.6 Å². The molecular weight excluding hydrogens is 304 g/mol. The fraction of sp³-hybridized carbons (Fsp3) is 0.200. The van der Waals surface area contributed by atoms with Gasteiger partial charge in [0.05, 0.1) is 11.3 Å². The van der Waals surface area contributed by atoms with E-state index in [1.54, 1.807) is 29.8 Å². The summed E-state index contributed by atoms with van der Waals surface area (Å²) in [6.07, 6.45) is 2.05. The predicted molar refractivity (Wildman–Crippen MR) is 79.4 cm³/mol. The first-order valence-electron chi connectivity index (χ1n) is 6.66. The van der Waals surface area contributed by atoms with Gasteiger partial charge in [-0.1, -0.05) is 6.07 Å². The number of ether oxygens (including phenoxy) is 1. The molecule has 112 valence electrons. The van der Waals surface area contributed by atoms with Crippen molar-refractivity contribution in [2.75, 3.05) is 4.90 Å². The van der Waals surface area contributed by atoms with Crippen LogP contribution in [0.4, 0.5) is 5.69 Å². The Labute approximate surface area is 130 Å². The van der Waals surface area contributed by atoms with Gasteiger partial charge in [0.15, 0.2) is 0 Å². The Morgan fingerprint density at radius 3 is 2.73 bits per heavy atom. The van der Waals surface area contributed by atoms with Gasteiger partial charge in [0, 0.05) is 24.4 Å². The van der Waals surface area contributed by atoms with E-state index in [1.165, 1.54) is 17.4 Å². The van der Waals surface area contributed by atoms with Crippen LogP contribution in [0.15, 0.2) is 35.8 Å². The second-order valence-corrected chi connectivity index (χ2v) is 5.65. The minimum atomic E-state index is -0.517. The Morgan fingerprint density at radius 2 is 2.05 bits per heavy atom. The summed E-state index contributed by atoms with van der Waals surface area (Å²) in [4.78, 5) is 40.6. The number of rotatable bonds is 4. The monoisotopic (exact) mass is 316 g/mol. The molecule has 0 spiro atoms. The van der Waals surface area contributed by atoms with E-state index in [1.807, 2.05) is 0 Å². The lowest BCUT2D eigenvalue weighted by Crippen LogP contribution is -2.28. The Bertz CT molecular complexity index is 711. The molecule has 1 saturated heterocycles. The fourth-order valence-electron chi connectivity index (χ4n) is 2.17. The molecule has 1 aromatic carbocycles. The van der Waals surface area contributed by atoms with Crippen LogP contribution in [-0.4, -0.2) is 22.8 Å². The second kappa shape index (κ2) is 6.07. The Kier molecular flexibility index (Phi) is 3.97. The average Bonchev–Trinajstić information content (AvgIpc) is 3.15. The Balaban J connectivity index is 1.74. The van der Waals surface area contributed by atoms with Crippen LogP contribution in [0.25, 0.3) is 0 Å². The summed E-state index contributed by atoms with van der Waals surface area (Å²) in [6, 6.07) is 6.32. The van der Waals surface area contributed by atoms with Gasteiger partial charge in [0.2, 0.25) is 11.8 Å². The number of hydrogen-bond acceptors (Lipinski definition) is 6. The lowest BCUT2D eigenvalue weighted by atomic mass is 10.2. The third kappa shape index (κ3) is 2.89. The van der Waals surface area contributed by atoms with Gasteiger partial charge in [-0.05, 0) is 18.2 Å². The van der Waals surface area contributed by atoms with Gasteiger partial charge in [0.25, 0.3) is 0 Å². The van der Waals surface area contributed by atoms with Gasteiger partial charge < -0.3 is 4.74 Å². The lowest BCUT2D eigenvalue weighted by molar-refractivity contribution is -0.121. The highest BCUT2D eigenvalue weighted by molar-refractivity contribution is 7.09. The number of imide groups is 1. The number of amides is 2. The van der Waals surface area contributed by atoms with Crippen LogP contribution >= 0.6 is 11.3 Å². The zero-order chi connectivity index (χ0) is 15.5. The molecule has 6 nitrogen and oxygen atoms in total. The number of carbonyl (C=O) groups excluding carboxylic acids is 3. The average molecular weight is 316 g/mol. The van der Waals surface area contributed by atoms with E-state index in [4.69, 9.17) is 4.74 Å². The van der Waals surface area contributed by atoms with Crippen molar-refractivity contribution >= 4 is 34.8 Å². The summed E-state index contributed by atoms with van der Waals surface area (Å²) in [7, 11) is 0. The van der Waals surface area contributed by atoms with Crippen LogP contribution in [0.2, 0.25) is 0 Å². The van der Waals surface area contributed by atoms with Crippen molar-refractivity contribution in [2.45, 2.75) is 19.4 Å². The molecule has 2 heterocycles. The molecule has 0 saturated carbocycles. The molecule has 0 radical (unpaired) electrons. The molecule has 22 heavy (non-hydrogen) atoms. The zero-order valence-corrected chi connectivity index (χ0v) is 12.3. The maximum absolute atomic E-state index is 12.0. The van der Waals surface area contributed by atoms with E-state index in [0.717, 1.165) is 4.90 Å². The van der Waals surface area contributed by atoms with E-state index in [2.05, 4.69) is 4.98 Å². The molecule has 0 unspecified atom stereocenters. The van der Waals surface area contributed by atoms with Crippen LogP contribution in [-0.2, 0) is 20.9 Å². The Morgan fingerprint density at radius 1 is 1.27 bits per heavy atom. The minimum Gasteiger partial charge on any atom is -0.455 e. The quantitative estimate of drug-likeness (QED) is 0.638. The lowest BCUT2D eigenvalue weighted by Gasteiger charge is -2.14. The highest BCUT2D eigenvalue weighted by Gasteiger charge is 2.30. The molecule has 1 fully saturated rings. The minimum absolute atomic E-state index is 0.0995. The maximum Gasteiger partial charge on any atom is 0.338 e. The summed E-state index contributed by atoms with van der Waals surface area (Å²) in [5.41, 5.74) is 0.692. The van der Waals surface area contributed by atoms with Crippen LogP contribution in [0.3, 0.4) is 0 Å². The van der Waals surface area contributed by atoms with E-state index < -0.39 is 5.97 Å². The number of nitrogens with zero attached hydrogens (tertiary/aromatic N) is 2. The maximum atomic E-state index is 12.0. The van der Waals surface area contributed by atoms with Gasteiger partial charge >= 0.3 is 5.97 Å². The number of benzene rings is 1. The van der Waals surface area contributed by atoms with Gasteiger partial charge in [-0.2, -0.15) is 0 Å². The zero-order valence-electron chi connectivity index (χ0n) is 11.5. The highest BCUT2D eigenvalue weighted by atomic mass is 32.1. The molecule has 3 rings (SSSR count). The molecule has 0 aliphatic carbocycles. The van der Waals surface area contributed by atoms with Crippen LogP contribution in [0, 0.1) is 0 Å². The van der Waals surface area contributed by atoms with Gasteiger partial charge in [-0.3, -0.25) is 14.5 Å². The molecule has 2 aromatic rings. The molecule has 1 aliphatic rings. The summed E-state index contributed by atoms with van der Waals surface area (Å²) in [5.74, 6) is -1.02. The summed E-state index contributed by atoms with van der Waals surface area (Å²) in [5, 5.41) is 2.50. The van der Waals surface area contributed by atoms with Gasteiger partial charge in [-0.25, -0.2) is 9.78 Å². The van der Waals surface area contributed by atoms with Crippen molar-refractivity contribution in [3.63, 3.8) is 0 Å². The fourth-order valence-corrected chi connectivity index (χ4v) is 2.70. The normalized spacial score (nSPS) is 14.5. The summed E-state index contributed by atoms with van der Waals surface area (Å²) in [6.45, 7) is 0.0995. The van der Waals surface area contributed by atoms with Gasteiger partial charge in [-0.15, -0.1) is 11.3 Å². The largest absolute Gasteiger partial charge is 0.455 e. The molecular formula is C15H12N2O4S. The number of aromatic nitrogens is 1. The number of anilines is 1. The molecule has 0 N–H and O–H groups in total. The molecule has 1 aliphatic heterocycles. The van der Waals surface area contributed by atoms with E-state index in [0.29, 0.717) is 16.3 Å². The molecule has 0 bridgehead atoms. The third-order valence-electron chi connectivity index (χ3n) is 3.20. The van der Waals surface area contributed by atoms with E-state index in [-0.39, 0.29) is 31.3 Å². The first-order chi connectivity index (χ1) is 10.6. The van der Waals surface area contributed by atoms with Gasteiger partial charge in [0.1, 0.15) is 11.6 Å². The molecule has 7 heteroatoms. The standard InChI is InChI=1S/C15H12N2O4S/c18-13-4-5-14(19)17(13)11-3-1-2-10(8-11)15(20)21-9-12-16-6-7-22-12/h1-3,6-8H,4-5,9H2. The molecule has 2 amide bonds. The second-order valence-electron chi connectivity index (χ2n) is 4.68. The first kappa shape index (κ1) is 14.4. The summed E-state index contributed by atoms with van der Waals surface area (Å²) >= 11 is 1.40. The molecule has 1 aromatic heterocycles. The van der Waals surface area contributed by atoms with Crippen molar-refractivity contribution in [1.29, 1.82) is 0 Å². The van der Waals surface area contributed by atoms with Crippen molar-refractivity contribution in [3.8, 4) is 0 Å². The van der Waals surface area contributed by atoms with Crippen molar-refractivity contribution in [1.82, 2.24) is 4.98 Å². The SMILES string of the molecule is O=C(OCc1nccs1)c1cccc(N2C(=O)CCC2=O)c1. The Hall–Kier alpha value is -2.54. The number of esters is 1. The number of carbonyl (C=O) groups is 3. The van der Waals surface area contributed by atoms with Crippen LogP contribution < -0.4 is 4.90 Å². The van der Waals surface area contributed by atoms with E-state index in [9.17, 15) is 14.4 Å². The number of thiazole rings is 1. The highest BCUT2D eigenvalue weighted by Crippen LogP contribution is 2.23. The predicted octanol–water partition coefficient (Wildman–Crippen LogP) is 2.15. The number of hydrogen-bond donors (Lipinski definition) is 0. The van der Waals surface area contributed by atoms with Crippen LogP contribution in [0.5, 0.6) is 0 Å². The summed E-state index contributed by atoms with van der Waals surface area (Å²) < 4.78 is 5.16. The van der Waals surface area contributed by atoms with Crippen molar-refractivity contribution in [3.05, 3.63) is 46.4 Å². The van der Waals surface area contributed by atoms with Crippen molar-refractivity contribution < 1.29 is 19.1 Å². The van der Waals surface area contributed by atoms with Crippen LogP contribution in [0.1, 0.15) is 28.2 Å². The van der Waals surface area contributed by atoms with E-state index >= 15 is 0 Å². The first-order valence-corrected chi connectivity index (χ1v) is 7.54. The smallest absolute Gasteiger partial charge is 0.338 e. The third-order valence-corrected chi connectivity index (χ3v) is 3.95. The molecule has 0 atom stereocenters.